The van der Waals surface area contributed by atoms with Crippen LogP contribution in [0.25, 0.3) is 0 Å². The molecular weight excluding hydrogens is 120 g/mol. The molecule has 2 aliphatic heterocycles. The molecule has 0 aromatic carbocycles. The number of ether oxygens (including phenoxy) is 2. The Kier molecular flexibility index (Phi) is 0.990. The van der Waals surface area contributed by atoms with Gasteiger partial charge in [-0.05, 0) is 0 Å². The molecule has 50 valence electrons. The highest BCUT2D eigenvalue weighted by Gasteiger charge is 2.38. The second-order valence-electron chi connectivity index (χ2n) is 2.53. The first-order valence-corrected chi connectivity index (χ1v) is 3.14. The van der Waals surface area contributed by atoms with E-state index in [1.807, 2.05) is 0 Å². The summed E-state index contributed by atoms with van der Waals surface area (Å²) in [5, 5.41) is 0. The fraction of sp³-hybridized carbons (Fsp3) is 0.833. The van der Waals surface area contributed by atoms with Gasteiger partial charge >= 0.3 is 5.97 Å². The van der Waals surface area contributed by atoms with Crippen LogP contribution >= 0.6 is 0 Å². The lowest BCUT2D eigenvalue weighted by Crippen LogP contribution is -2.22. The Bertz CT molecular complexity index is 143. The van der Waals surface area contributed by atoms with Gasteiger partial charge in [0.05, 0.1) is 19.1 Å². The van der Waals surface area contributed by atoms with Gasteiger partial charge in [0.1, 0.15) is 6.10 Å². The molecule has 0 aliphatic carbocycles. The van der Waals surface area contributed by atoms with Gasteiger partial charge in [-0.2, -0.15) is 0 Å². The molecule has 0 N–H and O–H groups in total. The van der Waals surface area contributed by atoms with E-state index < -0.39 is 0 Å². The lowest BCUT2D eigenvalue weighted by Gasteiger charge is -2.13. The van der Waals surface area contributed by atoms with E-state index in [9.17, 15) is 4.79 Å². The van der Waals surface area contributed by atoms with Crippen LogP contribution in [0.2, 0.25) is 0 Å². The van der Waals surface area contributed by atoms with Gasteiger partial charge < -0.3 is 9.47 Å². The Morgan fingerprint density at radius 1 is 1.44 bits per heavy atom. The van der Waals surface area contributed by atoms with Crippen molar-refractivity contribution in [1.82, 2.24) is 0 Å². The van der Waals surface area contributed by atoms with Gasteiger partial charge in [0.15, 0.2) is 0 Å². The minimum atomic E-state index is -0.0718. The molecule has 0 saturated carbocycles. The number of hydrogen-bond donors (Lipinski definition) is 0. The van der Waals surface area contributed by atoms with Crippen LogP contribution in [-0.2, 0) is 14.3 Å². The van der Waals surface area contributed by atoms with Crippen LogP contribution in [0.1, 0.15) is 6.42 Å². The Labute approximate surface area is 52.9 Å². The normalized spacial score (nSPS) is 40.7. The summed E-state index contributed by atoms with van der Waals surface area (Å²) in [5.41, 5.74) is 0. The summed E-state index contributed by atoms with van der Waals surface area (Å²) >= 11 is 0. The van der Waals surface area contributed by atoms with Crippen molar-refractivity contribution in [3.05, 3.63) is 0 Å². The number of carbonyl (C=O) groups excluding carboxylic acids is 1. The number of fused-ring (bicyclic) bond motifs is 2. The Balaban J connectivity index is 2.15. The second kappa shape index (κ2) is 1.70. The molecule has 9 heavy (non-hydrogen) atoms. The van der Waals surface area contributed by atoms with E-state index in [2.05, 4.69) is 0 Å². The molecule has 2 heterocycles. The van der Waals surface area contributed by atoms with Crippen molar-refractivity contribution >= 4 is 5.97 Å². The lowest BCUT2D eigenvalue weighted by molar-refractivity contribution is -0.142. The van der Waals surface area contributed by atoms with Gasteiger partial charge in [0.25, 0.3) is 0 Å². The predicted octanol–water partition coefficient (Wildman–Crippen LogP) is -0.0517. The van der Waals surface area contributed by atoms with Gasteiger partial charge in [-0.1, -0.05) is 0 Å². The maximum Gasteiger partial charge on any atom is 0.311 e. The zero-order chi connectivity index (χ0) is 6.27. The molecule has 2 rings (SSSR count). The van der Waals surface area contributed by atoms with Gasteiger partial charge in [-0.15, -0.1) is 0 Å². The Hall–Kier alpha value is -0.570. The lowest BCUT2D eigenvalue weighted by atomic mass is 10.1. The van der Waals surface area contributed by atoms with Crippen molar-refractivity contribution in [3.8, 4) is 0 Å². The van der Waals surface area contributed by atoms with E-state index in [-0.39, 0.29) is 18.0 Å². The van der Waals surface area contributed by atoms with Crippen LogP contribution < -0.4 is 0 Å². The smallest absolute Gasteiger partial charge is 0.311 e. The highest BCUT2D eigenvalue weighted by Crippen LogP contribution is 2.25. The van der Waals surface area contributed by atoms with E-state index >= 15 is 0 Å². The average Bonchev–Trinajstić information content (AvgIpc) is 2.09. The summed E-state index contributed by atoms with van der Waals surface area (Å²) in [5.74, 6) is -0.0266. The minimum Gasteiger partial charge on any atom is -0.460 e. The summed E-state index contributed by atoms with van der Waals surface area (Å²) in [4.78, 5) is 10.8. The predicted molar refractivity (Wildman–Crippen MR) is 28.8 cm³/mol. The molecule has 2 bridgehead atoms. The molecule has 2 fully saturated rings. The highest BCUT2D eigenvalue weighted by molar-refractivity contribution is 5.75. The van der Waals surface area contributed by atoms with Crippen LogP contribution in [0.5, 0.6) is 0 Å². The third kappa shape index (κ3) is 0.721. The van der Waals surface area contributed by atoms with Crippen molar-refractivity contribution in [2.45, 2.75) is 12.5 Å². The van der Waals surface area contributed by atoms with Crippen molar-refractivity contribution < 1.29 is 14.3 Å². The van der Waals surface area contributed by atoms with Gasteiger partial charge in [-0.25, -0.2) is 0 Å². The van der Waals surface area contributed by atoms with E-state index in [1.54, 1.807) is 0 Å². The van der Waals surface area contributed by atoms with Crippen LogP contribution in [-0.4, -0.2) is 25.3 Å². The summed E-state index contributed by atoms with van der Waals surface area (Å²) in [6, 6.07) is 0. The number of rotatable bonds is 0. The van der Waals surface area contributed by atoms with Crippen LogP contribution in [0.4, 0.5) is 0 Å². The minimum absolute atomic E-state index is 0.0451. The largest absolute Gasteiger partial charge is 0.460 e. The number of carbonyl (C=O) groups is 1. The van der Waals surface area contributed by atoms with Gasteiger partial charge in [0, 0.05) is 6.42 Å². The van der Waals surface area contributed by atoms with Gasteiger partial charge in [-0.3, -0.25) is 4.79 Å². The van der Waals surface area contributed by atoms with Crippen LogP contribution in [0.15, 0.2) is 0 Å². The maximum absolute atomic E-state index is 10.8. The van der Waals surface area contributed by atoms with E-state index in [1.165, 1.54) is 0 Å². The highest BCUT2D eigenvalue weighted by atomic mass is 16.6. The fourth-order valence-corrected chi connectivity index (χ4v) is 1.30. The first kappa shape index (κ1) is 5.23. The average molecular weight is 128 g/mol. The van der Waals surface area contributed by atoms with Crippen molar-refractivity contribution in [2.75, 3.05) is 13.2 Å². The second-order valence-corrected chi connectivity index (χ2v) is 2.53. The van der Waals surface area contributed by atoms with Crippen molar-refractivity contribution in [2.24, 2.45) is 5.92 Å². The maximum atomic E-state index is 10.8. The molecule has 0 aromatic heterocycles. The number of esters is 1. The monoisotopic (exact) mass is 128 g/mol. The Morgan fingerprint density at radius 2 is 2.33 bits per heavy atom. The molecule has 2 saturated heterocycles. The number of hydrogen-bond acceptors (Lipinski definition) is 3. The third-order valence-corrected chi connectivity index (χ3v) is 1.79. The summed E-state index contributed by atoms with van der Waals surface area (Å²) in [6.45, 7) is 1.16. The molecule has 2 atom stereocenters. The van der Waals surface area contributed by atoms with Crippen molar-refractivity contribution in [1.29, 1.82) is 0 Å². The van der Waals surface area contributed by atoms with E-state index in [4.69, 9.17) is 9.47 Å². The standard InChI is InChI=1S/C6H8O3/c7-6-4-1-5(9-6)3-8-2-4/h4-5H,1-3H2. The van der Waals surface area contributed by atoms with Crippen molar-refractivity contribution in [3.63, 3.8) is 0 Å². The summed E-state index contributed by atoms with van der Waals surface area (Å²) < 4.78 is 10.0. The quantitative estimate of drug-likeness (QED) is 0.429. The Morgan fingerprint density at radius 3 is 3.00 bits per heavy atom. The topological polar surface area (TPSA) is 35.5 Å². The molecular formula is C6H8O3. The first-order valence-electron chi connectivity index (χ1n) is 3.14. The molecule has 2 unspecified atom stereocenters. The summed E-state index contributed by atoms with van der Waals surface area (Å²) in [6.07, 6.45) is 0.940. The van der Waals surface area contributed by atoms with Crippen LogP contribution in [0.3, 0.4) is 0 Å². The summed E-state index contributed by atoms with van der Waals surface area (Å²) in [7, 11) is 0. The molecule has 0 aromatic rings. The fourth-order valence-electron chi connectivity index (χ4n) is 1.30. The first-order chi connectivity index (χ1) is 4.36. The molecule has 2 aliphatic rings. The third-order valence-electron chi connectivity index (χ3n) is 1.79. The molecule has 3 heteroatoms. The zero-order valence-corrected chi connectivity index (χ0v) is 5.00. The SMILES string of the molecule is O=C1OC2COCC1C2. The molecule has 0 radical (unpaired) electrons. The zero-order valence-electron chi connectivity index (χ0n) is 5.00. The van der Waals surface area contributed by atoms with E-state index in [0.29, 0.717) is 13.2 Å². The van der Waals surface area contributed by atoms with E-state index in [0.717, 1.165) is 6.42 Å². The molecule has 3 nitrogen and oxygen atoms in total. The molecule has 0 amide bonds. The van der Waals surface area contributed by atoms with Gasteiger partial charge in [0.2, 0.25) is 0 Å². The molecule has 0 spiro atoms. The van der Waals surface area contributed by atoms with Crippen LogP contribution in [0, 0.1) is 5.92 Å².